The van der Waals surface area contributed by atoms with E-state index >= 15 is 0 Å². The van der Waals surface area contributed by atoms with Crippen molar-refractivity contribution in [1.29, 1.82) is 0 Å². The smallest absolute Gasteiger partial charge is 0.315 e. The van der Waals surface area contributed by atoms with Crippen molar-refractivity contribution < 1.29 is 28.7 Å². The van der Waals surface area contributed by atoms with E-state index in [1.807, 2.05) is 13.8 Å². The maximum atomic E-state index is 13.1. The summed E-state index contributed by atoms with van der Waals surface area (Å²) in [5.74, 6) is -0.334. The van der Waals surface area contributed by atoms with E-state index in [-0.39, 0.29) is 18.9 Å². The maximum Gasteiger partial charge on any atom is 0.315 e. The summed E-state index contributed by atoms with van der Waals surface area (Å²) in [7, 11) is 3.05. The highest BCUT2D eigenvalue weighted by atomic mass is 16.5. The molecule has 0 radical (unpaired) electrons. The molecule has 0 bridgehead atoms. The van der Waals surface area contributed by atoms with Gasteiger partial charge < -0.3 is 30.7 Å². The van der Waals surface area contributed by atoms with Crippen LogP contribution in [0.3, 0.4) is 0 Å². The first-order chi connectivity index (χ1) is 18.2. The van der Waals surface area contributed by atoms with Crippen LogP contribution in [0.1, 0.15) is 71.3 Å². The summed E-state index contributed by atoms with van der Waals surface area (Å²) in [6.07, 6.45) is 6.43. The number of urea groups is 1. The van der Waals surface area contributed by atoms with Crippen molar-refractivity contribution >= 4 is 23.6 Å². The molecule has 1 aliphatic carbocycles. The molecule has 0 aromatic heterocycles. The third-order valence-electron chi connectivity index (χ3n) is 6.73. The molecular formula is C28H44N4O6. The monoisotopic (exact) mass is 532 g/mol. The first-order valence-corrected chi connectivity index (χ1v) is 13.5. The Morgan fingerprint density at radius 1 is 0.895 bits per heavy atom. The Kier molecular flexibility index (Phi) is 12.9. The molecule has 212 valence electrons. The quantitative estimate of drug-likeness (QED) is 0.272. The van der Waals surface area contributed by atoms with E-state index < -0.39 is 35.7 Å². The van der Waals surface area contributed by atoms with Crippen LogP contribution in [0.4, 0.5) is 4.79 Å². The zero-order valence-corrected chi connectivity index (χ0v) is 23.4. The molecule has 10 heteroatoms. The first-order valence-electron chi connectivity index (χ1n) is 13.5. The lowest BCUT2D eigenvalue weighted by atomic mass is 9.89. The van der Waals surface area contributed by atoms with Crippen molar-refractivity contribution in [2.24, 2.45) is 11.8 Å². The minimum absolute atomic E-state index is 0.0845. The molecule has 0 saturated heterocycles. The second kappa shape index (κ2) is 15.8. The van der Waals surface area contributed by atoms with Gasteiger partial charge in [0.15, 0.2) is 0 Å². The summed E-state index contributed by atoms with van der Waals surface area (Å²) >= 11 is 0. The van der Waals surface area contributed by atoms with Crippen LogP contribution in [-0.4, -0.2) is 56.5 Å². The van der Waals surface area contributed by atoms with Crippen molar-refractivity contribution in [2.75, 3.05) is 20.8 Å². The van der Waals surface area contributed by atoms with E-state index in [1.165, 1.54) is 33.5 Å². The predicted molar refractivity (Wildman–Crippen MR) is 145 cm³/mol. The Bertz CT molecular complexity index is 923. The molecule has 2 atom stereocenters. The molecule has 1 fully saturated rings. The van der Waals surface area contributed by atoms with E-state index in [0.29, 0.717) is 35.9 Å². The molecule has 2 rings (SSSR count). The summed E-state index contributed by atoms with van der Waals surface area (Å²) in [5, 5.41) is 10.9. The molecule has 1 aliphatic rings. The van der Waals surface area contributed by atoms with Gasteiger partial charge in [0.05, 0.1) is 20.3 Å². The average Bonchev–Trinajstić information content (AvgIpc) is 2.92. The van der Waals surface area contributed by atoms with Crippen LogP contribution in [0.2, 0.25) is 0 Å². The Morgan fingerprint density at radius 3 is 2.08 bits per heavy atom. The van der Waals surface area contributed by atoms with Gasteiger partial charge in [0.2, 0.25) is 11.7 Å². The van der Waals surface area contributed by atoms with Crippen LogP contribution in [-0.2, 0) is 20.9 Å². The van der Waals surface area contributed by atoms with Crippen molar-refractivity contribution in [3.8, 4) is 11.5 Å². The van der Waals surface area contributed by atoms with Crippen LogP contribution in [0.15, 0.2) is 18.2 Å². The largest absolute Gasteiger partial charge is 0.497 e. The number of hydrogen-bond acceptors (Lipinski definition) is 6. The molecule has 0 heterocycles. The second-order valence-electron chi connectivity index (χ2n) is 10.3. The molecule has 10 nitrogen and oxygen atoms in total. The number of ether oxygens (including phenoxy) is 2. The van der Waals surface area contributed by atoms with Crippen LogP contribution in [0.5, 0.6) is 11.5 Å². The van der Waals surface area contributed by atoms with Crippen LogP contribution in [0.25, 0.3) is 0 Å². The minimum atomic E-state index is -1.01. The number of carbonyl (C=O) groups is 4. The molecule has 4 N–H and O–H groups in total. The van der Waals surface area contributed by atoms with Gasteiger partial charge in [0.1, 0.15) is 17.5 Å². The van der Waals surface area contributed by atoms with Crippen LogP contribution >= 0.6 is 0 Å². The van der Waals surface area contributed by atoms with Crippen molar-refractivity contribution in [1.82, 2.24) is 21.3 Å². The standard InChI is InChI=1S/C28H44N4O6/c1-6-23(25(33)27(35)29-17-20-13-21(37-4)15-22(14-20)38-5)31-26(34)24(12-18(2)3)32-28(36)30-16-19-10-8-7-9-11-19/h13-15,18-19,23-24H,6-12,16-17H2,1-5H3,(H,29,35)(H,31,34)(H2,30,32,36). The van der Waals surface area contributed by atoms with E-state index in [1.54, 1.807) is 25.1 Å². The Hall–Kier alpha value is -3.30. The van der Waals surface area contributed by atoms with Gasteiger partial charge in [-0.2, -0.15) is 0 Å². The molecule has 38 heavy (non-hydrogen) atoms. The van der Waals surface area contributed by atoms with Crippen molar-refractivity contribution in [2.45, 2.75) is 84.3 Å². The SMILES string of the molecule is CCC(NC(=O)C(CC(C)C)NC(=O)NCC1CCCCC1)C(=O)C(=O)NCc1cc(OC)cc(OC)c1. The van der Waals surface area contributed by atoms with Crippen molar-refractivity contribution in [3.63, 3.8) is 0 Å². The van der Waals surface area contributed by atoms with Gasteiger partial charge in [-0.15, -0.1) is 0 Å². The Balaban J connectivity index is 1.94. The zero-order valence-electron chi connectivity index (χ0n) is 23.4. The summed E-state index contributed by atoms with van der Waals surface area (Å²) in [4.78, 5) is 51.1. The zero-order chi connectivity index (χ0) is 28.1. The van der Waals surface area contributed by atoms with E-state index in [2.05, 4.69) is 21.3 Å². The van der Waals surface area contributed by atoms with Gasteiger partial charge in [0, 0.05) is 19.2 Å². The number of methoxy groups -OCH3 is 2. The number of carbonyl (C=O) groups excluding carboxylic acids is 4. The molecule has 2 unspecified atom stereocenters. The summed E-state index contributed by atoms with van der Waals surface area (Å²) in [6.45, 7) is 6.28. The molecule has 4 amide bonds. The third-order valence-corrected chi connectivity index (χ3v) is 6.73. The molecule has 1 aromatic rings. The van der Waals surface area contributed by atoms with E-state index in [9.17, 15) is 19.2 Å². The minimum Gasteiger partial charge on any atom is -0.497 e. The van der Waals surface area contributed by atoms with Crippen LogP contribution < -0.4 is 30.7 Å². The van der Waals surface area contributed by atoms with Gasteiger partial charge in [-0.05, 0) is 55.2 Å². The van der Waals surface area contributed by atoms with E-state index in [0.717, 1.165) is 12.8 Å². The lowest BCUT2D eigenvalue weighted by Crippen LogP contribution is -2.55. The molecule has 0 aliphatic heterocycles. The van der Waals surface area contributed by atoms with E-state index in [4.69, 9.17) is 9.47 Å². The van der Waals surface area contributed by atoms with Crippen molar-refractivity contribution in [3.05, 3.63) is 23.8 Å². The lowest BCUT2D eigenvalue weighted by molar-refractivity contribution is -0.140. The highest BCUT2D eigenvalue weighted by Crippen LogP contribution is 2.23. The number of Topliss-reactive ketones (excluding diaryl/α,β-unsaturated/α-hetero) is 1. The first kappa shape index (κ1) is 30.9. The lowest BCUT2D eigenvalue weighted by Gasteiger charge is -2.25. The van der Waals surface area contributed by atoms with Crippen LogP contribution in [0, 0.1) is 11.8 Å². The molecule has 1 saturated carbocycles. The number of rotatable bonds is 14. The van der Waals surface area contributed by atoms with Gasteiger partial charge in [-0.25, -0.2) is 4.79 Å². The summed E-state index contributed by atoms with van der Waals surface area (Å²) < 4.78 is 10.5. The van der Waals surface area contributed by atoms with Gasteiger partial charge in [0.25, 0.3) is 5.91 Å². The highest BCUT2D eigenvalue weighted by Gasteiger charge is 2.29. The topological polar surface area (TPSA) is 135 Å². The summed E-state index contributed by atoms with van der Waals surface area (Å²) in [6, 6.07) is 2.93. The fourth-order valence-corrected chi connectivity index (χ4v) is 4.56. The number of ketones is 1. The third kappa shape index (κ3) is 10.2. The fraction of sp³-hybridized carbons (Fsp3) is 0.643. The number of amides is 4. The molecule has 0 spiro atoms. The van der Waals surface area contributed by atoms with Gasteiger partial charge in [-0.3, -0.25) is 14.4 Å². The van der Waals surface area contributed by atoms with Gasteiger partial charge >= 0.3 is 6.03 Å². The predicted octanol–water partition coefficient (Wildman–Crippen LogP) is 3.08. The van der Waals surface area contributed by atoms with Gasteiger partial charge in [-0.1, -0.05) is 40.0 Å². The second-order valence-corrected chi connectivity index (χ2v) is 10.3. The fourth-order valence-electron chi connectivity index (χ4n) is 4.56. The number of nitrogens with one attached hydrogen (secondary N) is 4. The molecule has 1 aromatic carbocycles. The number of benzene rings is 1. The number of hydrogen-bond donors (Lipinski definition) is 4. The normalized spacial score (nSPS) is 15.2. The highest BCUT2D eigenvalue weighted by molar-refractivity contribution is 6.38. The maximum absolute atomic E-state index is 13.1. The Morgan fingerprint density at radius 2 is 1.53 bits per heavy atom. The molecular weight excluding hydrogens is 488 g/mol. The Labute approximate surface area is 226 Å². The summed E-state index contributed by atoms with van der Waals surface area (Å²) in [5.41, 5.74) is 0.694. The average molecular weight is 533 g/mol.